The number of phosphoric ester groups is 1. The van der Waals surface area contributed by atoms with Gasteiger partial charge in [-0.25, -0.2) is 0 Å². The Bertz CT molecular complexity index is 204. The molecule has 0 rings (SSSR count). The molecule has 0 saturated carbocycles. The van der Waals surface area contributed by atoms with Crippen molar-refractivity contribution < 1.29 is 18.5 Å². The molecule has 0 spiro atoms. The molecule has 0 radical (unpaired) electrons. The SMILES string of the molecule is C.C.CCOP(=O)([O-])OCCC(C)(C)CC. The van der Waals surface area contributed by atoms with Gasteiger partial charge in [-0.1, -0.05) is 42.0 Å². The van der Waals surface area contributed by atoms with Crippen molar-refractivity contribution in [2.24, 2.45) is 5.41 Å². The fraction of sp³-hybridized carbons (Fsp3) is 1.00. The molecule has 16 heavy (non-hydrogen) atoms. The summed E-state index contributed by atoms with van der Waals surface area (Å²) >= 11 is 0. The van der Waals surface area contributed by atoms with Crippen LogP contribution in [-0.4, -0.2) is 13.2 Å². The fourth-order valence-corrected chi connectivity index (χ4v) is 1.51. The number of hydrogen-bond acceptors (Lipinski definition) is 4. The Hall–Kier alpha value is 0.110. The van der Waals surface area contributed by atoms with Gasteiger partial charge >= 0.3 is 0 Å². The summed E-state index contributed by atoms with van der Waals surface area (Å²) in [4.78, 5) is 11.0. The summed E-state index contributed by atoms with van der Waals surface area (Å²) in [5.41, 5.74) is 0.117. The first kappa shape index (κ1) is 21.4. The van der Waals surface area contributed by atoms with Crippen LogP contribution in [0.2, 0.25) is 0 Å². The van der Waals surface area contributed by atoms with Crippen molar-refractivity contribution in [3.8, 4) is 0 Å². The molecule has 5 heteroatoms. The summed E-state index contributed by atoms with van der Waals surface area (Å²) in [6, 6.07) is 0. The normalized spacial score (nSPS) is 14.6. The van der Waals surface area contributed by atoms with Crippen molar-refractivity contribution in [3.05, 3.63) is 0 Å². The third kappa shape index (κ3) is 10.6. The van der Waals surface area contributed by atoms with Gasteiger partial charge < -0.3 is 13.9 Å². The average molecular weight is 255 g/mol. The van der Waals surface area contributed by atoms with E-state index >= 15 is 0 Å². The summed E-state index contributed by atoms with van der Waals surface area (Å²) in [5, 5.41) is 0. The summed E-state index contributed by atoms with van der Waals surface area (Å²) in [5.74, 6) is 0. The van der Waals surface area contributed by atoms with E-state index in [0.717, 1.165) is 6.42 Å². The van der Waals surface area contributed by atoms with Crippen molar-refractivity contribution >= 4 is 7.82 Å². The first-order chi connectivity index (χ1) is 6.33. The predicted octanol–water partition coefficient (Wildman–Crippen LogP) is 3.61. The third-order valence-electron chi connectivity index (χ3n) is 2.27. The Labute approximate surface area is 101 Å². The molecule has 102 valence electrons. The van der Waals surface area contributed by atoms with Crippen LogP contribution in [0.1, 0.15) is 55.4 Å². The first-order valence-corrected chi connectivity index (χ1v) is 6.39. The van der Waals surface area contributed by atoms with Crippen molar-refractivity contribution in [3.63, 3.8) is 0 Å². The van der Waals surface area contributed by atoms with E-state index in [-0.39, 0.29) is 33.5 Å². The van der Waals surface area contributed by atoms with Crippen molar-refractivity contribution in [1.29, 1.82) is 0 Å². The van der Waals surface area contributed by atoms with E-state index in [4.69, 9.17) is 0 Å². The Morgan fingerprint density at radius 3 is 2.06 bits per heavy atom. The second-order valence-electron chi connectivity index (χ2n) is 3.97. The van der Waals surface area contributed by atoms with Gasteiger partial charge in [0.1, 0.15) is 0 Å². The lowest BCUT2D eigenvalue weighted by molar-refractivity contribution is -0.225. The minimum atomic E-state index is -4.04. The molecule has 1 unspecified atom stereocenters. The number of phosphoric acid groups is 1. The van der Waals surface area contributed by atoms with Crippen LogP contribution in [0.15, 0.2) is 0 Å². The lowest BCUT2D eigenvalue weighted by Crippen LogP contribution is -2.15. The van der Waals surface area contributed by atoms with Crippen LogP contribution in [0.25, 0.3) is 0 Å². The van der Waals surface area contributed by atoms with E-state index in [9.17, 15) is 9.46 Å². The highest BCUT2D eigenvalue weighted by Gasteiger charge is 2.16. The van der Waals surface area contributed by atoms with E-state index in [1.165, 1.54) is 0 Å². The topological polar surface area (TPSA) is 58.6 Å². The Kier molecular flexibility index (Phi) is 12.3. The van der Waals surface area contributed by atoms with Gasteiger partial charge in [0.25, 0.3) is 7.82 Å². The van der Waals surface area contributed by atoms with E-state index in [1.807, 2.05) is 0 Å². The number of rotatable bonds is 7. The molecular weight excluding hydrogens is 227 g/mol. The molecule has 0 fully saturated rings. The van der Waals surface area contributed by atoms with E-state index in [2.05, 4.69) is 29.8 Å². The Balaban J connectivity index is -0.000000845. The van der Waals surface area contributed by atoms with E-state index in [0.29, 0.717) is 6.42 Å². The van der Waals surface area contributed by atoms with Crippen LogP contribution in [0.5, 0.6) is 0 Å². The van der Waals surface area contributed by atoms with Gasteiger partial charge in [0.15, 0.2) is 0 Å². The molecule has 0 N–H and O–H groups in total. The molecule has 0 aliphatic carbocycles. The van der Waals surface area contributed by atoms with E-state index in [1.54, 1.807) is 6.92 Å². The van der Waals surface area contributed by atoms with Gasteiger partial charge in [0, 0.05) is 0 Å². The molecule has 0 aromatic carbocycles. The van der Waals surface area contributed by atoms with Crippen molar-refractivity contribution in [2.45, 2.75) is 55.4 Å². The van der Waals surface area contributed by atoms with Gasteiger partial charge in [-0.05, 0) is 18.8 Å². The molecule has 1 atom stereocenters. The summed E-state index contributed by atoms with van der Waals surface area (Å²) in [6.07, 6.45) is 1.71. The molecule has 0 saturated heterocycles. The maximum atomic E-state index is 11.0. The zero-order chi connectivity index (χ0) is 11.2. The first-order valence-electron chi connectivity index (χ1n) is 4.93. The number of hydrogen-bond donors (Lipinski definition) is 0. The van der Waals surface area contributed by atoms with E-state index < -0.39 is 7.82 Å². The average Bonchev–Trinajstić information content (AvgIpc) is 2.03. The molecule has 0 heterocycles. The largest absolute Gasteiger partial charge is 0.756 e. The zero-order valence-corrected chi connectivity index (χ0v) is 10.3. The van der Waals surface area contributed by atoms with Crippen LogP contribution in [0.4, 0.5) is 0 Å². The van der Waals surface area contributed by atoms with Crippen LogP contribution in [0.3, 0.4) is 0 Å². The highest BCUT2D eigenvalue weighted by atomic mass is 31.2. The minimum Gasteiger partial charge on any atom is -0.756 e. The monoisotopic (exact) mass is 255 g/mol. The molecular formula is C11H28O4P-. The lowest BCUT2D eigenvalue weighted by Gasteiger charge is -2.26. The highest BCUT2D eigenvalue weighted by Crippen LogP contribution is 2.39. The van der Waals surface area contributed by atoms with Gasteiger partial charge in [-0.15, -0.1) is 0 Å². The van der Waals surface area contributed by atoms with Crippen molar-refractivity contribution in [2.75, 3.05) is 13.2 Å². The molecule has 0 aliphatic heterocycles. The van der Waals surface area contributed by atoms with Crippen LogP contribution in [0, 0.1) is 5.41 Å². The molecule has 0 aromatic rings. The fourth-order valence-electron chi connectivity index (χ4n) is 0.806. The van der Waals surface area contributed by atoms with Crippen LogP contribution < -0.4 is 4.89 Å². The summed E-state index contributed by atoms with van der Waals surface area (Å²) in [7, 11) is -4.04. The quantitative estimate of drug-likeness (QED) is 0.652. The predicted molar refractivity (Wildman–Crippen MR) is 67.3 cm³/mol. The van der Waals surface area contributed by atoms with Crippen LogP contribution in [-0.2, 0) is 13.6 Å². The summed E-state index contributed by atoms with van der Waals surface area (Å²) in [6.45, 7) is 8.16. The lowest BCUT2D eigenvalue weighted by atomic mass is 9.87. The van der Waals surface area contributed by atoms with Gasteiger partial charge in [-0.2, -0.15) is 0 Å². The van der Waals surface area contributed by atoms with Gasteiger partial charge in [-0.3, -0.25) is 4.57 Å². The maximum absolute atomic E-state index is 11.0. The molecule has 0 aliphatic rings. The third-order valence-corrected chi connectivity index (χ3v) is 3.35. The smallest absolute Gasteiger partial charge is 0.267 e. The minimum absolute atomic E-state index is 0. The maximum Gasteiger partial charge on any atom is 0.267 e. The van der Waals surface area contributed by atoms with Gasteiger partial charge in [0.05, 0.1) is 13.2 Å². The Morgan fingerprint density at radius 2 is 1.69 bits per heavy atom. The summed E-state index contributed by atoms with van der Waals surface area (Å²) < 4.78 is 20.1. The molecule has 0 aromatic heterocycles. The second-order valence-corrected chi connectivity index (χ2v) is 5.38. The zero-order valence-electron chi connectivity index (χ0n) is 9.41. The van der Waals surface area contributed by atoms with Crippen LogP contribution >= 0.6 is 7.82 Å². The molecule has 4 nitrogen and oxygen atoms in total. The van der Waals surface area contributed by atoms with Crippen molar-refractivity contribution in [1.82, 2.24) is 0 Å². The standard InChI is InChI=1S/C9H21O4P.2CH4/c1-5-9(3,4)7-8-13-14(10,11)12-6-2;;/h5-8H2,1-4H3,(H,10,11);2*1H4/p-1. The Morgan fingerprint density at radius 1 is 1.19 bits per heavy atom. The highest BCUT2D eigenvalue weighted by molar-refractivity contribution is 7.45. The molecule has 0 bridgehead atoms. The molecule has 0 amide bonds. The second kappa shape index (κ2) is 9.17. The van der Waals surface area contributed by atoms with Gasteiger partial charge in [0.2, 0.25) is 0 Å².